The van der Waals surface area contributed by atoms with Gasteiger partial charge in [0.1, 0.15) is 0 Å². The van der Waals surface area contributed by atoms with Gasteiger partial charge in [0.2, 0.25) is 0 Å². The lowest BCUT2D eigenvalue weighted by atomic mass is 10.1. The summed E-state index contributed by atoms with van der Waals surface area (Å²) in [5, 5.41) is 14.0. The van der Waals surface area contributed by atoms with Crippen LogP contribution in [-0.4, -0.2) is 40.3 Å². The predicted molar refractivity (Wildman–Crippen MR) is 110 cm³/mol. The van der Waals surface area contributed by atoms with Gasteiger partial charge in [-0.15, -0.1) is 0 Å². The number of nitrogens with zero attached hydrogens (tertiary/aromatic N) is 2. The molecule has 0 unspecified atom stereocenters. The number of thioether (sulfide) groups is 1. The molecule has 1 N–H and O–H groups in total. The van der Waals surface area contributed by atoms with Gasteiger partial charge in [0, 0.05) is 49.0 Å². The number of hydrogen-bond donors (Lipinski definition) is 1. The number of nitrogens with one attached hydrogen (secondary N) is 1. The fraction of sp³-hybridized carbons (Fsp3) is 0.316. The molecule has 2 aromatic rings. The topological polar surface area (TPSA) is 75.5 Å². The van der Waals surface area contributed by atoms with E-state index in [1.165, 1.54) is 18.2 Å². The number of non-ortho nitro benzene ring substituents is 1. The lowest BCUT2D eigenvalue weighted by Gasteiger charge is -2.27. The summed E-state index contributed by atoms with van der Waals surface area (Å²) >= 11 is 8.04. The minimum absolute atomic E-state index is 0.0868. The molecule has 0 atom stereocenters. The number of anilines is 1. The summed E-state index contributed by atoms with van der Waals surface area (Å²) in [5.41, 5.74) is 2.75. The lowest BCUT2D eigenvalue weighted by Crippen LogP contribution is -2.32. The van der Waals surface area contributed by atoms with Crippen molar-refractivity contribution in [3.63, 3.8) is 0 Å². The van der Waals surface area contributed by atoms with E-state index in [9.17, 15) is 14.9 Å². The zero-order chi connectivity index (χ0) is 19.4. The molecule has 27 heavy (non-hydrogen) atoms. The van der Waals surface area contributed by atoms with Crippen molar-refractivity contribution in [1.29, 1.82) is 0 Å². The van der Waals surface area contributed by atoms with Crippen LogP contribution in [0.15, 0.2) is 36.4 Å². The normalized spacial score (nSPS) is 14.7. The maximum absolute atomic E-state index is 12.6. The third-order valence-electron chi connectivity index (χ3n) is 4.60. The van der Waals surface area contributed by atoms with Crippen LogP contribution in [0.4, 0.5) is 11.4 Å². The second-order valence-electron chi connectivity index (χ2n) is 6.35. The molecule has 0 radical (unpaired) electrons. The number of nitro benzene ring substituents is 1. The number of halogens is 1. The molecule has 1 aliphatic rings. The lowest BCUT2D eigenvalue weighted by molar-refractivity contribution is -0.384. The largest absolute Gasteiger partial charge is 0.322 e. The SMILES string of the molecule is Cc1c(CN2CCSCC2)cccc1NC(=O)c1cc([N+](=O)[O-])ccc1Cl. The molecule has 2 aromatic carbocycles. The summed E-state index contributed by atoms with van der Waals surface area (Å²) < 4.78 is 0. The van der Waals surface area contributed by atoms with Gasteiger partial charge in [-0.25, -0.2) is 0 Å². The molecular formula is C19H20ClN3O3S. The Morgan fingerprint density at radius 2 is 2.04 bits per heavy atom. The van der Waals surface area contributed by atoms with Crippen molar-refractivity contribution in [3.8, 4) is 0 Å². The molecule has 8 heteroatoms. The highest BCUT2D eigenvalue weighted by Crippen LogP contribution is 2.26. The maximum atomic E-state index is 12.6. The van der Waals surface area contributed by atoms with Gasteiger partial charge in [0.05, 0.1) is 15.5 Å². The van der Waals surface area contributed by atoms with Crippen LogP contribution in [0.2, 0.25) is 5.02 Å². The van der Waals surface area contributed by atoms with E-state index in [0.717, 1.165) is 42.3 Å². The molecule has 1 fully saturated rings. The van der Waals surface area contributed by atoms with Crippen LogP contribution < -0.4 is 5.32 Å². The van der Waals surface area contributed by atoms with Crippen LogP contribution in [0.25, 0.3) is 0 Å². The summed E-state index contributed by atoms with van der Waals surface area (Å²) in [5.74, 6) is 1.82. The first-order valence-corrected chi connectivity index (χ1v) is 10.1. The number of benzene rings is 2. The Balaban J connectivity index is 1.79. The molecule has 1 amide bonds. The fourth-order valence-electron chi connectivity index (χ4n) is 2.98. The summed E-state index contributed by atoms with van der Waals surface area (Å²) in [7, 11) is 0. The molecule has 0 spiro atoms. The van der Waals surface area contributed by atoms with Gasteiger partial charge in [-0.2, -0.15) is 11.8 Å². The molecule has 0 bridgehead atoms. The third-order valence-corrected chi connectivity index (χ3v) is 5.87. The Kier molecular flexibility index (Phi) is 6.36. The maximum Gasteiger partial charge on any atom is 0.270 e. The van der Waals surface area contributed by atoms with E-state index >= 15 is 0 Å². The van der Waals surface area contributed by atoms with Gasteiger partial charge < -0.3 is 5.32 Å². The van der Waals surface area contributed by atoms with Crippen molar-refractivity contribution >= 4 is 40.6 Å². The number of nitro groups is 1. The Morgan fingerprint density at radius 1 is 1.30 bits per heavy atom. The quantitative estimate of drug-likeness (QED) is 0.591. The number of hydrogen-bond acceptors (Lipinski definition) is 5. The van der Waals surface area contributed by atoms with Crippen molar-refractivity contribution in [2.75, 3.05) is 29.9 Å². The zero-order valence-electron chi connectivity index (χ0n) is 14.9. The number of carbonyl (C=O) groups is 1. The molecule has 1 saturated heterocycles. The Hall–Kier alpha value is -2.09. The minimum atomic E-state index is -0.546. The first-order valence-electron chi connectivity index (χ1n) is 8.59. The molecule has 142 valence electrons. The predicted octanol–water partition coefficient (Wildman–Crippen LogP) is 4.36. The minimum Gasteiger partial charge on any atom is -0.322 e. The highest BCUT2D eigenvalue weighted by Gasteiger charge is 2.18. The van der Waals surface area contributed by atoms with E-state index in [0.29, 0.717) is 5.69 Å². The van der Waals surface area contributed by atoms with Crippen molar-refractivity contribution < 1.29 is 9.72 Å². The third kappa shape index (κ3) is 4.80. The molecule has 1 heterocycles. The summed E-state index contributed by atoms with van der Waals surface area (Å²) in [4.78, 5) is 25.4. The van der Waals surface area contributed by atoms with Crippen molar-refractivity contribution in [2.24, 2.45) is 0 Å². The molecule has 1 aliphatic heterocycles. The number of carbonyl (C=O) groups excluding carboxylic acids is 1. The number of rotatable bonds is 5. The van der Waals surface area contributed by atoms with Gasteiger partial charge in [0.25, 0.3) is 11.6 Å². The average molecular weight is 406 g/mol. The number of amides is 1. The van der Waals surface area contributed by atoms with E-state index in [1.807, 2.05) is 30.8 Å². The first-order chi connectivity index (χ1) is 13.0. The molecule has 0 aliphatic carbocycles. The van der Waals surface area contributed by atoms with Crippen LogP contribution in [0, 0.1) is 17.0 Å². The second-order valence-corrected chi connectivity index (χ2v) is 7.99. The standard InChI is InChI=1S/C19H20ClN3O3S/c1-13-14(12-22-7-9-27-10-8-22)3-2-4-18(13)21-19(24)16-11-15(23(25)26)5-6-17(16)20/h2-6,11H,7-10,12H2,1H3,(H,21,24). The second kappa shape index (κ2) is 8.73. The van der Waals surface area contributed by atoms with Gasteiger partial charge in [0.15, 0.2) is 0 Å². The van der Waals surface area contributed by atoms with Gasteiger partial charge in [-0.3, -0.25) is 19.8 Å². The molecule has 0 saturated carbocycles. The van der Waals surface area contributed by atoms with Gasteiger partial charge >= 0.3 is 0 Å². The van der Waals surface area contributed by atoms with E-state index in [1.54, 1.807) is 0 Å². The summed E-state index contributed by atoms with van der Waals surface area (Å²) in [6.07, 6.45) is 0. The zero-order valence-corrected chi connectivity index (χ0v) is 16.5. The van der Waals surface area contributed by atoms with Crippen molar-refractivity contribution in [1.82, 2.24) is 4.90 Å². The van der Waals surface area contributed by atoms with E-state index < -0.39 is 10.8 Å². The van der Waals surface area contributed by atoms with Crippen molar-refractivity contribution in [2.45, 2.75) is 13.5 Å². The summed E-state index contributed by atoms with van der Waals surface area (Å²) in [6, 6.07) is 9.64. The molecule has 0 aromatic heterocycles. The van der Waals surface area contributed by atoms with Crippen LogP contribution in [0.3, 0.4) is 0 Å². The summed E-state index contributed by atoms with van der Waals surface area (Å²) in [6.45, 7) is 4.93. The van der Waals surface area contributed by atoms with Crippen LogP contribution in [0.5, 0.6) is 0 Å². The van der Waals surface area contributed by atoms with E-state index in [-0.39, 0.29) is 16.3 Å². The molecule has 6 nitrogen and oxygen atoms in total. The monoisotopic (exact) mass is 405 g/mol. The molecule has 3 rings (SSSR count). The fourth-order valence-corrected chi connectivity index (χ4v) is 4.16. The van der Waals surface area contributed by atoms with Crippen LogP contribution in [-0.2, 0) is 6.54 Å². The Morgan fingerprint density at radius 3 is 2.74 bits per heavy atom. The van der Waals surface area contributed by atoms with Crippen molar-refractivity contribution in [3.05, 3.63) is 68.2 Å². The van der Waals surface area contributed by atoms with E-state index in [2.05, 4.69) is 16.3 Å². The molecular weight excluding hydrogens is 386 g/mol. The Bertz CT molecular complexity index is 869. The van der Waals surface area contributed by atoms with Gasteiger partial charge in [-0.05, 0) is 30.2 Å². The average Bonchev–Trinajstić information content (AvgIpc) is 2.66. The highest BCUT2D eigenvalue weighted by molar-refractivity contribution is 7.99. The van der Waals surface area contributed by atoms with Gasteiger partial charge in [-0.1, -0.05) is 23.7 Å². The smallest absolute Gasteiger partial charge is 0.270 e. The van der Waals surface area contributed by atoms with E-state index in [4.69, 9.17) is 11.6 Å². The Labute approximate surface area is 167 Å². The highest BCUT2D eigenvalue weighted by atomic mass is 35.5. The van der Waals surface area contributed by atoms with Crippen LogP contribution in [0.1, 0.15) is 21.5 Å². The van der Waals surface area contributed by atoms with Crippen LogP contribution >= 0.6 is 23.4 Å². The first kappa shape index (κ1) is 19.7.